The SMILES string of the molecule is Cc1ncsc1-c1ccc(CNC(=O)[C@@H]2CCCN2C(=O)[C@@H](NC(=O)COCCCCOc2ccc(C3CCN(C4=Nn5c(nnc5C(F)(F)F)CC4)CC3)cc2)C(C)(C)C)c(O)c1. The minimum absolute atomic E-state index is 0.0610. The lowest BCUT2D eigenvalue weighted by Crippen LogP contribution is -2.58. The summed E-state index contributed by atoms with van der Waals surface area (Å²) in [5, 5.41) is 27.7. The minimum atomic E-state index is -4.62. The lowest BCUT2D eigenvalue weighted by atomic mass is 9.85. The molecule has 2 fully saturated rings. The maximum absolute atomic E-state index is 13.9. The van der Waals surface area contributed by atoms with E-state index >= 15 is 0 Å². The number of unbranched alkanes of at least 4 members (excludes halogenated alkanes) is 1. The van der Waals surface area contributed by atoms with Crippen LogP contribution in [0.1, 0.15) is 100 Å². The quantitative estimate of drug-likeness (QED) is 0.113. The third-order valence-electron chi connectivity index (χ3n) is 11.9. The summed E-state index contributed by atoms with van der Waals surface area (Å²) in [6.45, 7) is 9.96. The molecule has 0 aliphatic carbocycles. The molecule has 0 spiro atoms. The summed E-state index contributed by atoms with van der Waals surface area (Å²) in [7, 11) is 0. The van der Waals surface area contributed by atoms with Crippen molar-refractivity contribution < 1.29 is 42.1 Å². The minimum Gasteiger partial charge on any atom is -0.508 e. The molecule has 2 atom stereocenters. The molecule has 0 radical (unpaired) electrons. The highest BCUT2D eigenvalue weighted by Crippen LogP contribution is 2.34. The average molecular weight is 908 g/mol. The number of amides is 3. The lowest BCUT2D eigenvalue weighted by molar-refractivity contribution is -0.147. The van der Waals surface area contributed by atoms with Gasteiger partial charge in [-0.05, 0) is 86.1 Å². The molecule has 2 saturated heterocycles. The molecular weight excluding hydrogens is 852 g/mol. The third kappa shape index (κ3) is 11.2. The fraction of sp³-hybridized carbons (Fsp3) is 0.533. The number of amidine groups is 1. The summed E-state index contributed by atoms with van der Waals surface area (Å²) in [5.41, 5.74) is 4.58. The average Bonchev–Trinajstić information content (AvgIpc) is 4.04. The second-order valence-corrected chi connectivity index (χ2v) is 18.4. The number of halogens is 3. The van der Waals surface area contributed by atoms with Crippen LogP contribution in [0.15, 0.2) is 53.1 Å². The predicted octanol–water partition coefficient (Wildman–Crippen LogP) is 6.44. The number of nitrogens with one attached hydrogen (secondary N) is 2. The van der Waals surface area contributed by atoms with E-state index in [2.05, 4.69) is 47.9 Å². The molecule has 7 rings (SSSR count). The van der Waals surface area contributed by atoms with Crippen LogP contribution in [0.4, 0.5) is 13.2 Å². The van der Waals surface area contributed by atoms with Crippen LogP contribution >= 0.6 is 11.3 Å². The number of phenols is 1. The van der Waals surface area contributed by atoms with Crippen LogP contribution in [0.25, 0.3) is 10.4 Å². The zero-order valence-corrected chi connectivity index (χ0v) is 37.4. The van der Waals surface area contributed by atoms with Gasteiger partial charge in [-0.3, -0.25) is 14.4 Å². The van der Waals surface area contributed by atoms with Crippen molar-refractivity contribution >= 4 is 34.9 Å². The van der Waals surface area contributed by atoms with Gasteiger partial charge >= 0.3 is 6.18 Å². The van der Waals surface area contributed by atoms with E-state index in [1.807, 2.05) is 45.9 Å². The Morgan fingerprint density at radius 2 is 1.72 bits per heavy atom. The van der Waals surface area contributed by atoms with Crippen molar-refractivity contribution in [1.82, 2.24) is 40.3 Å². The Morgan fingerprint density at radius 3 is 2.41 bits per heavy atom. The summed E-state index contributed by atoms with van der Waals surface area (Å²) >= 11 is 1.49. The summed E-state index contributed by atoms with van der Waals surface area (Å²) in [6, 6.07) is 11.7. The van der Waals surface area contributed by atoms with Gasteiger partial charge < -0.3 is 35.0 Å². The zero-order chi connectivity index (χ0) is 45.6. The van der Waals surface area contributed by atoms with Crippen molar-refractivity contribution in [2.24, 2.45) is 10.5 Å². The number of likely N-dealkylation sites (tertiary alicyclic amines) is 2. The molecule has 0 unspecified atom stereocenters. The molecule has 0 saturated carbocycles. The van der Waals surface area contributed by atoms with Crippen LogP contribution in [0.5, 0.6) is 11.5 Å². The monoisotopic (exact) mass is 907 g/mol. The van der Waals surface area contributed by atoms with E-state index in [0.29, 0.717) is 88.7 Å². The van der Waals surface area contributed by atoms with Crippen LogP contribution in [-0.4, -0.2) is 110 Å². The Labute approximate surface area is 374 Å². The number of phenolic OH excluding ortho intramolecular Hbond substituents is 1. The second kappa shape index (κ2) is 20.1. The number of aromatic hydroxyl groups is 1. The molecule has 3 aliphatic rings. The summed E-state index contributed by atoms with van der Waals surface area (Å²) in [6.07, 6.45) is 0.470. The number of piperidine rings is 1. The fourth-order valence-electron chi connectivity index (χ4n) is 8.38. The van der Waals surface area contributed by atoms with Crippen molar-refractivity contribution in [2.75, 3.05) is 39.5 Å². The highest BCUT2D eigenvalue weighted by Gasteiger charge is 2.42. The Balaban J connectivity index is 0.792. The van der Waals surface area contributed by atoms with E-state index in [9.17, 15) is 32.7 Å². The smallest absolute Gasteiger partial charge is 0.453 e. The number of aromatic nitrogens is 4. The first-order valence-corrected chi connectivity index (χ1v) is 22.7. The number of hydrogen-bond donors (Lipinski definition) is 3. The van der Waals surface area contributed by atoms with Gasteiger partial charge in [-0.1, -0.05) is 45.0 Å². The van der Waals surface area contributed by atoms with Crippen LogP contribution in [0.3, 0.4) is 0 Å². The number of carbonyl (C=O) groups is 3. The van der Waals surface area contributed by atoms with Crippen molar-refractivity contribution in [2.45, 2.75) is 110 Å². The zero-order valence-electron chi connectivity index (χ0n) is 36.6. The van der Waals surface area contributed by atoms with E-state index in [4.69, 9.17) is 9.47 Å². The molecule has 0 bridgehead atoms. The van der Waals surface area contributed by atoms with Gasteiger partial charge in [-0.15, -0.1) is 21.5 Å². The Morgan fingerprint density at radius 1 is 0.969 bits per heavy atom. The lowest BCUT2D eigenvalue weighted by Gasteiger charge is -2.35. The Bertz CT molecular complexity index is 2300. The van der Waals surface area contributed by atoms with Crippen LogP contribution in [0, 0.1) is 12.3 Å². The number of hydrogen-bond acceptors (Lipinski definition) is 12. The van der Waals surface area contributed by atoms with E-state index in [0.717, 1.165) is 39.4 Å². The van der Waals surface area contributed by atoms with E-state index < -0.39 is 35.4 Å². The number of benzene rings is 2. The van der Waals surface area contributed by atoms with E-state index in [-0.39, 0.29) is 36.5 Å². The molecular formula is C45H56F3N9O6S. The number of aryl methyl sites for hydroxylation is 2. The molecule has 3 aliphatic heterocycles. The summed E-state index contributed by atoms with van der Waals surface area (Å²) in [4.78, 5) is 49.2. The van der Waals surface area contributed by atoms with Gasteiger partial charge in [0.15, 0.2) is 5.82 Å². The molecule has 344 valence electrons. The molecule has 64 heavy (non-hydrogen) atoms. The molecule has 2 aromatic heterocycles. The van der Waals surface area contributed by atoms with Crippen LogP contribution in [0.2, 0.25) is 0 Å². The van der Waals surface area contributed by atoms with Gasteiger partial charge in [0.1, 0.15) is 36.0 Å². The van der Waals surface area contributed by atoms with Gasteiger partial charge in [0.25, 0.3) is 5.82 Å². The van der Waals surface area contributed by atoms with Gasteiger partial charge in [0, 0.05) is 51.2 Å². The van der Waals surface area contributed by atoms with Gasteiger partial charge in [0.05, 0.1) is 22.7 Å². The highest BCUT2D eigenvalue weighted by molar-refractivity contribution is 7.13. The number of nitrogens with zero attached hydrogens (tertiary/aromatic N) is 7. The van der Waals surface area contributed by atoms with Crippen molar-refractivity contribution in [3.63, 3.8) is 0 Å². The normalized spacial score (nSPS) is 17.5. The first-order valence-electron chi connectivity index (χ1n) is 21.8. The molecule has 3 N–H and O–H groups in total. The fourth-order valence-corrected chi connectivity index (χ4v) is 9.18. The number of thiazole rings is 1. The first-order chi connectivity index (χ1) is 30.6. The standard InChI is InChI=1S/C45H56F3N9O6S/c1-28-39(64-27-50-28)31-9-10-32(35(58)24-31)25-49-41(60)34-8-7-19-56(34)42(61)40(44(2,3)4)51-38(59)26-62-22-5-6-23-63-33-13-11-29(12-14-33)30-17-20-55(21-18-30)37-16-15-36-52-53-43(45(46,47)48)57(36)54-37/h9-14,24,27,30,34,40,58H,5-8,15-23,25-26H2,1-4H3,(H,49,60)(H,51,59)/t34-,40+/m0/s1. The maximum atomic E-state index is 13.9. The maximum Gasteiger partial charge on any atom is 0.453 e. The molecule has 4 aromatic rings. The summed E-state index contributed by atoms with van der Waals surface area (Å²) in [5.74, 6) is -0.181. The second-order valence-electron chi connectivity index (χ2n) is 17.6. The van der Waals surface area contributed by atoms with Gasteiger partial charge in [-0.25, -0.2) is 4.98 Å². The number of ether oxygens (including phenoxy) is 2. The number of alkyl halides is 3. The molecule has 5 heterocycles. The van der Waals surface area contributed by atoms with E-state index in [1.165, 1.54) is 16.9 Å². The summed E-state index contributed by atoms with van der Waals surface area (Å²) < 4.78 is 52.5. The van der Waals surface area contributed by atoms with Crippen molar-refractivity contribution in [3.8, 4) is 21.9 Å². The van der Waals surface area contributed by atoms with Gasteiger partial charge in [-0.2, -0.15) is 22.9 Å². The Hall–Kier alpha value is -5.56. The van der Waals surface area contributed by atoms with Gasteiger partial charge in [0.2, 0.25) is 17.7 Å². The highest BCUT2D eigenvalue weighted by atomic mass is 32.1. The molecule has 15 nitrogen and oxygen atoms in total. The molecule has 2 aromatic carbocycles. The van der Waals surface area contributed by atoms with E-state index in [1.54, 1.807) is 22.5 Å². The Kier molecular flexibility index (Phi) is 14.6. The first kappa shape index (κ1) is 46.4. The van der Waals surface area contributed by atoms with Crippen molar-refractivity contribution in [1.29, 1.82) is 0 Å². The molecule has 19 heteroatoms. The molecule has 3 amide bonds. The van der Waals surface area contributed by atoms with Crippen LogP contribution in [-0.2, 0) is 38.3 Å². The number of rotatable bonds is 15. The largest absolute Gasteiger partial charge is 0.508 e. The number of carbonyl (C=O) groups excluding carboxylic acids is 3. The number of fused-ring (bicyclic) bond motifs is 1. The third-order valence-corrected chi connectivity index (χ3v) is 12.9. The topological polar surface area (TPSA) is 176 Å². The van der Waals surface area contributed by atoms with Crippen LogP contribution < -0.4 is 15.4 Å². The van der Waals surface area contributed by atoms with Crippen molar-refractivity contribution in [3.05, 3.63) is 76.4 Å². The predicted molar refractivity (Wildman–Crippen MR) is 234 cm³/mol.